The van der Waals surface area contributed by atoms with Gasteiger partial charge in [0.25, 0.3) is 5.91 Å². The molecule has 0 aliphatic carbocycles. The lowest BCUT2D eigenvalue weighted by Gasteiger charge is -2.33. The number of benzene rings is 1. The molecule has 1 atom stereocenters. The maximum absolute atomic E-state index is 12.9. The number of halogens is 1. The van der Waals surface area contributed by atoms with Gasteiger partial charge in [-0.2, -0.15) is 0 Å². The summed E-state index contributed by atoms with van der Waals surface area (Å²) in [5.41, 5.74) is 2.76. The summed E-state index contributed by atoms with van der Waals surface area (Å²) in [7, 11) is 0. The lowest BCUT2D eigenvalue weighted by atomic mass is 10.0. The van der Waals surface area contributed by atoms with Crippen LogP contribution in [-0.2, 0) is 0 Å². The number of likely N-dealkylation sites (tertiary alicyclic amines) is 2. The Morgan fingerprint density at radius 2 is 1.79 bits per heavy atom. The van der Waals surface area contributed by atoms with Crippen molar-refractivity contribution in [3.05, 3.63) is 63.3 Å². The second kappa shape index (κ2) is 9.13. The van der Waals surface area contributed by atoms with Gasteiger partial charge in [-0.05, 0) is 50.5 Å². The Morgan fingerprint density at radius 1 is 1.06 bits per heavy atom. The van der Waals surface area contributed by atoms with E-state index in [1.807, 2.05) is 35.8 Å². The van der Waals surface area contributed by atoms with Crippen molar-refractivity contribution >= 4 is 34.6 Å². The Labute approximate surface area is 201 Å². The molecule has 9 nitrogen and oxygen atoms in total. The molecule has 3 amide bonds. The Bertz CT molecular complexity index is 1290. The van der Waals surface area contributed by atoms with Crippen LogP contribution in [0, 0.1) is 6.92 Å². The molecule has 0 saturated carbocycles. The minimum atomic E-state index is -0.167. The SMILES string of the molecule is Cc1ccc(C(=O)N2CCC(NC(=O)N3CCC(n4c(=O)[nH]c5ccccc54)CC3)C2)c(Cl)n1. The number of urea groups is 1. The second-order valence-corrected chi connectivity index (χ2v) is 9.37. The smallest absolute Gasteiger partial charge is 0.326 e. The number of aryl methyl sites for hydroxylation is 1. The van der Waals surface area contributed by atoms with E-state index in [0.29, 0.717) is 51.0 Å². The molecule has 4 heterocycles. The van der Waals surface area contributed by atoms with Crippen LogP contribution >= 0.6 is 11.6 Å². The van der Waals surface area contributed by atoms with Crippen molar-refractivity contribution < 1.29 is 9.59 Å². The summed E-state index contributed by atoms with van der Waals surface area (Å²) in [5, 5.41) is 3.27. The standard InChI is InChI=1S/C24H27ClN6O3/c1-15-6-7-18(21(25)26-15)22(32)30-11-8-16(14-30)27-23(33)29-12-9-17(10-13-29)31-20-5-3-2-4-19(20)28-24(31)34/h2-7,16-17H,8-14H2,1H3,(H,27,33)(H,28,34). The number of aromatic amines is 1. The normalized spacial score (nSPS) is 19.1. The first kappa shape index (κ1) is 22.5. The van der Waals surface area contributed by atoms with Gasteiger partial charge in [0.2, 0.25) is 0 Å². The van der Waals surface area contributed by atoms with Gasteiger partial charge in [-0.1, -0.05) is 23.7 Å². The number of pyridine rings is 1. The van der Waals surface area contributed by atoms with E-state index in [2.05, 4.69) is 15.3 Å². The molecule has 5 rings (SSSR count). The predicted molar refractivity (Wildman–Crippen MR) is 129 cm³/mol. The molecule has 2 aliphatic rings. The van der Waals surface area contributed by atoms with Crippen LogP contribution in [0.4, 0.5) is 4.79 Å². The average molecular weight is 483 g/mol. The third kappa shape index (κ3) is 4.27. The summed E-state index contributed by atoms with van der Waals surface area (Å²) in [4.78, 5) is 48.7. The summed E-state index contributed by atoms with van der Waals surface area (Å²) in [6.45, 7) is 3.96. The number of imidazole rings is 1. The number of nitrogens with zero attached hydrogens (tertiary/aromatic N) is 4. The zero-order valence-electron chi connectivity index (χ0n) is 19.0. The monoisotopic (exact) mass is 482 g/mol. The largest absolute Gasteiger partial charge is 0.336 e. The molecule has 0 radical (unpaired) electrons. The molecular weight excluding hydrogens is 456 g/mol. The minimum Gasteiger partial charge on any atom is -0.336 e. The number of carbonyl (C=O) groups is 2. The maximum atomic E-state index is 12.9. The highest BCUT2D eigenvalue weighted by atomic mass is 35.5. The Hall–Kier alpha value is -3.33. The second-order valence-electron chi connectivity index (χ2n) is 9.01. The first-order chi connectivity index (χ1) is 16.4. The third-order valence-electron chi connectivity index (χ3n) is 6.76. The summed E-state index contributed by atoms with van der Waals surface area (Å²) in [5.74, 6) is -0.167. The van der Waals surface area contributed by atoms with Crippen molar-refractivity contribution in [2.24, 2.45) is 0 Å². The fourth-order valence-corrected chi connectivity index (χ4v) is 5.22. The lowest BCUT2D eigenvalue weighted by Crippen LogP contribution is -2.49. The van der Waals surface area contributed by atoms with Crippen LogP contribution in [0.2, 0.25) is 5.15 Å². The van der Waals surface area contributed by atoms with E-state index in [4.69, 9.17) is 11.6 Å². The molecule has 0 bridgehead atoms. The van der Waals surface area contributed by atoms with Gasteiger partial charge in [-0.15, -0.1) is 0 Å². The van der Waals surface area contributed by atoms with Crippen LogP contribution in [0.5, 0.6) is 0 Å². The van der Waals surface area contributed by atoms with Crippen molar-refractivity contribution in [1.82, 2.24) is 29.7 Å². The van der Waals surface area contributed by atoms with Crippen molar-refractivity contribution in [3.63, 3.8) is 0 Å². The molecule has 2 aromatic heterocycles. The van der Waals surface area contributed by atoms with Gasteiger partial charge >= 0.3 is 11.7 Å². The van der Waals surface area contributed by atoms with Crippen molar-refractivity contribution in [2.75, 3.05) is 26.2 Å². The van der Waals surface area contributed by atoms with E-state index < -0.39 is 0 Å². The van der Waals surface area contributed by atoms with Gasteiger partial charge in [0.1, 0.15) is 5.15 Å². The minimum absolute atomic E-state index is 0.0557. The van der Waals surface area contributed by atoms with Crippen LogP contribution < -0.4 is 11.0 Å². The van der Waals surface area contributed by atoms with E-state index >= 15 is 0 Å². The number of fused-ring (bicyclic) bond motifs is 1. The fraction of sp³-hybridized carbons (Fsp3) is 0.417. The number of hydrogen-bond donors (Lipinski definition) is 2. The van der Waals surface area contributed by atoms with Gasteiger partial charge in [0.15, 0.2) is 0 Å². The zero-order valence-corrected chi connectivity index (χ0v) is 19.7. The number of nitrogens with one attached hydrogen (secondary N) is 2. The number of amides is 3. The highest BCUT2D eigenvalue weighted by Gasteiger charge is 2.32. The highest BCUT2D eigenvalue weighted by molar-refractivity contribution is 6.32. The molecule has 2 saturated heterocycles. The number of aromatic nitrogens is 3. The molecule has 10 heteroatoms. The van der Waals surface area contributed by atoms with Crippen LogP contribution in [0.15, 0.2) is 41.2 Å². The summed E-state index contributed by atoms with van der Waals surface area (Å²) in [6, 6.07) is 11.0. The number of rotatable bonds is 3. The van der Waals surface area contributed by atoms with E-state index in [1.165, 1.54) is 0 Å². The molecule has 1 aromatic carbocycles. The number of hydrogen-bond acceptors (Lipinski definition) is 4. The van der Waals surface area contributed by atoms with Gasteiger partial charge in [0, 0.05) is 44.0 Å². The van der Waals surface area contributed by atoms with Gasteiger partial charge in [-0.3, -0.25) is 9.36 Å². The number of para-hydroxylation sites is 2. The van der Waals surface area contributed by atoms with Crippen LogP contribution in [-0.4, -0.2) is 68.5 Å². The van der Waals surface area contributed by atoms with E-state index in [1.54, 1.807) is 21.9 Å². The maximum Gasteiger partial charge on any atom is 0.326 e. The van der Waals surface area contributed by atoms with Crippen LogP contribution in [0.25, 0.3) is 11.0 Å². The van der Waals surface area contributed by atoms with Crippen LogP contribution in [0.3, 0.4) is 0 Å². The van der Waals surface area contributed by atoms with Crippen molar-refractivity contribution in [3.8, 4) is 0 Å². The number of piperidine rings is 1. The lowest BCUT2D eigenvalue weighted by molar-refractivity contribution is 0.0788. The first-order valence-corrected chi connectivity index (χ1v) is 12.0. The Morgan fingerprint density at radius 3 is 2.56 bits per heavy atom. The molecule has 34 heavy (non-hydrogen) atoms. The molecule has 2 N–H and O–H groups in total. The Kier molecular flexibility index (Phi) is 6.03. The molecule has 3 aromatic rings. The van der Waals surface area contributed by atoms with Crippen molar-refractivity contribution in [1.29, 1.82) is 0 Å². The topological polar surface area (TPSA) is 103 Å². The fourth-order valence-electron chi connectivity index (χ4n) is 4.95. The van der Waals surface area contributed by atoms with E-state index in [-0.39, 0.29) is 34.9 Å². The first-order valence-electron chi connectivity index (χ1n) is 11.6. The van der Waals surface area contributed by atoms with E-state index in [0.717, 1.165) is 16.7 Å². The van der Waals surface area contributed by atoms with Crippen LogP contribution in [0.1, 0.15) is 41.4 Å². The predicted octanol–water partition coefficient (Wildman–Crippen LogP) is 2.95. The van der Waals surface area contributed by atoms with Crippen molar-refractivity contribution in [2.45, 2.75) is 38.3 Å². The molecule has 178 valence electrons. The zero-order chi connectivity index (χ0) is 23.8. The number of H-pyrrole nitrogens is 1. The average Bonchev–Trinajstić information content (AvgIpc) is 3.42. The highest BCUT2D eigenvalue weighted by Crippen LogP contribution is 2.25. The molecule has 1 unspecified atom stereocenters. The molecule has 2 fully saturated rings. The molecule has 0 spiro atoms. The van der Waals surface area contributed by atoms with Gasteiger partial charge in [0.05, 0.1) is 16.6 Å². The molecular formula is C24H27ClN6O3. The van der Waals surface area contributed by atoms with Gasteiger partial charge < -0.3 is 20.1 Å². The third-order valence-corrected chi connectivity index (χ3v) is 7.05. The Balaban J connectivity index is 1.16. The summed E-state index contributed by atoms with van der Waals surface area (Å²) >= 11 is 6.16. The molecule has 2 aliphatic heterocycles. The summed E-state index contributed by atoms with van der Waals surface area (Å²) < 4.78 is 1.82. The van der Waals surface area contributed by atoms with Gasteiger partial charge in [-0.25, -0.2) is 14.6 Å². The quantitative estimate of drug-likeness (QED) is 0.560. The van der Waals surface area contributed by atoms with E-state index in [9.17, 15) is 14.4 Å². The number of carbonyl (C=O) groups excluding carboxylic acids is 2. The summed E-state index contributed by atoms with van der Waals surface area (Å²) in [6.07, 6.45) is 2.11.